The minimum atomic E-state index is -0.133. The van der Waals surface area contributed by atoms with Crippen molar-refractivity contribution < 1.29 is 0 Å². The molecule has 0 radical (unpaired) electrons. The van der Waals surface area contributed by atoms with Gasteiger partial charge >= 0.3 is 0 Å². The van der Waals surface area contributed by atoms with Gasteiger partial charge in [-0.2, -0.15) is 0 Å². The highest BCUT2D eigenvalue weighted by Crippen LogP contribution is 2.28. The average molecular weight is 404 g/mol. The molecular formula is C15H13BrCl2N2S. The van der Waals surface area contributed by atoms with Crippen molar-refractivity contribution in [3.63, 3.8) is 0 Å². The summed E-state index contributed by atoms with van der Waals surface area (Å²) in [6, 6.07) is 10.0. The minimum absolute atomic E-state index is 0.133. The number of aromatic nitrogens is 2. The van der Waals surface area contributed by atoms with E-state index in [0.717, 1.165) is 33.6 Å². The number of thiophene rings is 1. The van der Waals surface area contributed by atoms with Gasteiger partial charge in [-0.1, -0.05) is 11.6 Å². The van der Waals surface area contributed by atoms with Gasteiger partial charge in [-0.25, -0.2) is 4.98 Å². The topological polar surface area (TPSA) is 17.8 Å². The summed E-state index contributed by atoms with van der Waals surface area (Å²) in [5, 5.41) is 0.564. The van der Waals surface area contributed by atoms with Gasteiger partial charge in [-0.15, -0.1) is 22.9 Å². The lowest BCUT2D eigenvalue weighted by Crippen LogP contribution is -2.06. The van der Waals surface area contributed by atoms with Gasteiger partial charge in [0.05, 0.1) is 20.2 Å². The number of alkyl halides is 1. The highest BCUT2D eigenvalue weighted by atomic mass is 79.9. The number of aryl methyl sites for hydroxylation is 2. The smallest absolute Gasteiger partial charge is 0.127 e. The summed E-state index contributed by atoms with van der Waals surface area (Å²) >= 11 is 17.6. The van der Waals surface area contributed by atoms with Crippen molar-refractivity contribution in [2.45, 2.75) is 25.3 Å². The molecule has 1 aromatic carbocycles. The molecule has 0 aliphatic carbocycles. The molecule has 0 amide bonds. The van der Waals surface area contributed by atoms with Crippen LogP contribution in [0.3, 0.4) is 0 Å². The Morgan fingerprint density at radius 2 is 2.14 bits per heavy atom. The van der Waals surface area contributed by atoms with Crippen molar-refractivity contribution in [2.24, 2.45) is 0 Å². The maximum absolute atomic E-state index is 6.28. The Kier molecular flexibility index (Phi) is 4.60. The molecule has 0 spiro atoms. The third kappa shape index (κ3) is 3.29. The van der Waals surface area contributed by atoms with Gasteiger partial charge in [-0.05, 0) is 59.6 Å². The molecule has 2 nitrogen and oxygen atoms in total. The summed E-state index contributed by atoms with van der Waals surface area (Å²) in [5.74, 6) is 0.893. The van der Waals surface area contributed by atoms with Crippen LogP contribution in [0.25, 0.3) is 11.0 Å². The van der Waals surface area contributed by atoms with Crippen molar-refractivity contribution >= 4 is 61.5 Å². The molecule has 0 bridgehead atoms. The zero-order valence-corrected chi connectivity index (χ0v) is 15.2. The van der Waals surface area contributed by atoms with E-state index in [1.165, 1.54) is 4.88 Å². The van der Waals surface area contributed by atoms with Crippen LogP contribution in [0.1, 0.15) is 23.0 Å². The predicted molar refractivity (Wildman–Crippen MR) is 94.7 cm³/mol. The van der Waals surface area contributed by atoms with Crippen LogP contribution in [0.15, 0.2) is 34.1 Å². The number of fused-ring (bicyclic) bond motifs is 1. The van der Waals surface area contributed by atoms with Crippen LogP contribution in [0, 0.1) is 0 Å². The largest absolute Gasteiger partial charge is 0.326 e. The molecule has 21 heavy (non-hydrogen) atoms. The first-order valence-corrected chi connectivity index (χ1v) is 9.01. The van der Waals surface area contributed by atoms with Crippen LogP contribution in [-0.2, 0) is 13.0 Å². The zero-order valence-electron chi connectivity index (χ0n) is 11.3. The highest BCUT2D eigenvalue weighted by molar-refractivity contribution is 9.11. The lowest BCUT2D eigenvalue weighted by molar-refractivity contribution is 0.672. The summed E-state index contributed by atoms with van der Waals surface area (Å²) in [4.78, 5) is 5.97. The maximum Gasteiger partial charge on any atom is 0.127 e. The van der Waals surface area contributed by atoms with Crippen molar-refractivity contribution in [3.05, 3.63) is 49.8 Å². The fourth-order valence-electron chi connectivity index (χ4n) is 2.37. The molecule has 1 atom stereocenters. The minimum Gasteiger partial charge on any atom is -0.326 e. The van der Waals surface area contributed by atoms with E-state index in [1.54, 1.807) is 11.3 Å². The van der Waals surface area contributed by atoms with Crippen LogP contribution in [-0.4, -0.2) is 9.55 Å². The Balaban J connectivity index is 1.97. The maximum atomic E-state index is 6.28. The molecule has 3 rings (SSSR count). The molecule has 1 unspecified atom stereocenters. The predicted octanol–water partition coefficient (Wildman–Crippen LogP) is 6.06. The van der Waals surface area contributed by atoms with Crippen LogP contribution < -0.4 is 0 Å². The average Bonchev–Trinajstić information content (AvgIpc) is 2.99. The summed E-state index contributed by atoms with van der Waals surface area (Å²) in [5.41, 5.74) is 1.98. The molecule has 0 aliphatic heterocycles. The van der Waals surface area contributed by atoms with Crippen LogP contribution in [0.5, 0.6) is 0 Å². The molecule has 0 saturated heterocycles. The summed E-state index contributed by atoms with van der Waals surface area (Å²) in [6.07, 6.45) is 0.959. The quantitative estimate of drug-likeness (QED) is 0.484. The van der Waals surface area contributed by atoms with Crippen molar-refractivity contribution in [3.8, 4) is 0 Å². The number of hydrogen-bond acceptors (Lipinski definition) is 2. The second-order valence-electron chi connectivity index (χ2n) is 4.83. The SMILES string of the molecule is CC(Cl)c1nc2cc(Cl)ccc2n1CCc1ccc(Br)s1. The number of halogens is 3. The lowest BCUT2D eigenvalue weighted by atomic mass is 10.3. The molecule has 0 N–H and O–H groups in total. The number of hydrogen-bond donors (Lipinski definition) is 0. The molecule has 0 aliphatic rings. The normalized spacial score (nSPS) is 13.0. The second kappa shape index (κ2) is 6.29. The number of imidazole rings is 1. The van der Waals surface area contributed by atoms with E-state index >= 15 is 0 Å². The molecule has 6 heteroatoms. The monoisotopic (exact) mass is 402 g/mol. The van der Waals surface area contributed by atoms with E-state index in [4.69, 9.17) is 23.2 Å². The number of nitrogens with zero attached hydrogens (tertiary/aromatic N) is 2. The van der Waals surface area contributed by atoms with Gasteiger partial charge in [0, 0.05) is 16.4 Å². The highest BCUT2D eigenvalue weighted by Gasteiger charge is 2.15. The Bertz CT molecular complexity index is 779. The van der Waals surface area contributed by atoms with Crippen LogP contribution in [0.2, 0.25) is 5.02 Å². The van der Waals surface area contributed by atoms with Gasteiger partial charge in [0.15, 0.2) is 0 Å². The molecular weight excluding hydrogens is 391 g/mol. The Morgan fingerprint density at radius 1 is 1.33 bits per heavy atom. The summed E-state index contributed by atoms with van der Waals surface area (Å²) in [6.45, 7) is 2.81. The lowest BCUT2D eigenvalue weighted by Gasteiger charge is -2.09. The molecule has 0 saturated carbocycles. The fourth-order valence-corrected chi connectivity index (χ4v) is 4.17. The number of benzene rings is 1. The van der Waals surface area contributed by atoms with Crippen LogP contribution >= 0.6 is 50.5 Å². The zero-order chi connectivity index (χ0) is 15.0. The third-order valence-corrected chi connectivity index (χ3v) is 5.42. The first-order valence-electron chi connectivity index (χ1n) is 6.58. The van der Waals surface area contributed by atoms with E-state index in [9.17, 15) is 0 Å². The van der Waals surface area contributed by atoms with E-state index in [2.05, 4.69) is 37.6 Å². The van der Waals surface area contributed by atoms with Crippen molar-refractivity contribution in [1.29, 1.82) is 0 Å². The summed E-state index contributed by atoms with van der Waals surface area (Å²) in [7, 11) is 0. The Labute approximate surface area is 145 Å². The number of rotatable bonds is 4. The fraction of sp³-hybridized carbons (Fsp3) is 0.267. The van der Waals surface area contributed by atoms with Crippen molar-refractivity contribution in [2.75, 3.05) is 0 Å². The van der Waals surface area contributed by atoms with E-state index in [-0.39, 0.29) is 5.38 Å². The van der Waals surface area contributed by atoms with Gasteiger partial charge in [0.2, 0.25) is 0 Å². The standard InChI is InChI=1S/C15H13BrCl2N2S/c1-9(17)15-19-12-8-10(18)2-4-13(12)20(15)7-6-11-3-5-14(16)21-11/h2-5,8-9H,6-7H2,1H3. The van der Waals surface area contributed by atoms with E-state index < -0.39 is 0 Å². The Hall–Kier alpha value is -0.550. The molecule has 0 fully saturated rings. The van der Waals surface area contributed by atoms with Gasteiger partial charge in [-0.3, -0.25) is 0 Å². The van der Waals surface area contributed by atoms with E-state index in [0.29, 0.717) is 5.02 Å². The first kappa shape index (κ1) is 15.3. The second-order valence-corrected chi connectivity index (χ2v) is 8.47. The van der Waals surface area contributed by atoms with Gasteiger partial charge in [0.25, 0.3) is 0 Å². The van der Waals surface area contributed by atoms with Crippen LogP contribution in [0.4, 0.5) is 0 Å². The third-order valence-electron chi connectivity index (χ3n) is 3.31. The summed E-state index contributed by atoms with van der Waals surface area (Å²) < 4.78 is 3.35. The van der Waals surface area contributed by atoms with Crippen molar-refractivity contribution in [1.82, 2.24) is 9.55 Å². The molecule has 110 valence electrons. The van der Waals surface area contributed by atoms with E-state index in [1.807, 2.05) is 25.1 Å². The first-order chi connectivity index (χ1) is 10.0. The molecule has 2 aromatic heterocycles. The molecule has 2 heterocycles. The Morgan fingerprint density at radius 3 is 2.81 bits per heavy atom. The van der Waals surface area contributed by atoms with Gasteiger partial charge in [0.1, 0.15) is 5.82 Å². The molecule has 3 aromatic rings. The van der Waals surface area contributed by atoms with Gasteiger partial charge < -0.3 is 4.57 Å².